The summed E-state index contributed by atoms with van der Waals surface area (Å²) in [6.45, 7) is 6.73. The van der Waals surface area contributed by atoms with E-state index in [0.29, 0.717) is 24.9 Å². The molecule has 0 saturated heterocycles. The average molecular weight is 256 g/mol. The molecule has 0 heterocycles. The highest BCUT2D eigenvalue weighted by atomic mass is 16.4. The van der Waals surface area contributed by atoms with Crippen LogP contribution in [0, 0.1) is 5.92 Å². The molecule has 1 rings (SSSR count). The third kappa shape index (κ3) is 4.64. The Balaban J connectivity index is 2.40. The molecule has 5 nitrogen and oxygen atoms in total. The Labute approximate surface area is 109 Å². The quantitative estimate of drug-likeness (QED) is 0.682. The molecular weight excluding hydrogens is 232 g/mol. The molecule has 0 aromatic rings. The normalized spacial score (nSPS) is 16.7. The Morgan fingerprint density at radius 1 is 1.39 bits per heavy atom. The molecule has 2 N–H and O–H groups in total. The van der Waals surface area contributed by atoms with Crippen LogP contribution in [0.5, 0.6) is 0 Å². The Bertz CT molecular complexity index is 301. The van der Waals surface area contributed by atoms with Crippen LogP contribution in [0.2, 0.25) is 0 Å². The minimum atomic E-state index is -0.883. The zero-order valence-electron chi connectivity index (χ0n) is 11.5. The molecule has 18 heavy (non-hydrogen) atoms. The number of carboxylic acids is 1. The van der Waals surface area contributed by atoms with E-state index in [2.05, 4.69) is 5.32 Å². The van der Waals surface area contributed by atoms with Gasteiger partial charge in [0.2, 0.25) is 5.91 Å². The predicted octanol–water partition coefficient (Wildman–Crippen LogP) is 1.09. The maximum absolute atomic E-state index is 11.9. The molecule has 1 saturated carbocycles. The molecule has 0 aromatic carbocycles. The summed E-state index contributed by atoms with van der Waals surface area (Å²) in [6, 6.07) is -0.246. The van der Waals surface area contributed by atoms with Crippen molar-refractivity contribution in [3.05, 3.63) is 0 Å². The van der Waals surface area contributed by atoms with Crippen molar-refractivity contribution in [1.82, 2.24) is 10.2 Å². The van der Waals surface area contributed by atoms with Gasteiger partial charge in [0.25, 0.3) is 0 Å². The molecule has 1 fully saturated rings. The van der Waals surface area contributed by atoms with Gasteiger partial charge in [0.05, 0.1) is 6.54 Å². The summed E-state index contributed by atoms with van der Waals surface area (Å²) in [5.74, 6) is -0.583. The number of nitrogens with one attached hydrogen (secondary N) is 1. The number of carboxylic acid groups (broad SMARTS) is 1. The van der Waals surface area contributed by atoms with Crippen LogP contribution >= 0.6 is 0 Å². The first-order chi connectivity index (χ1) is 8.45. The van der Waals surface area contributed by atoms with Gasteiger partial charge in [-0.3, -0.25) is 14.9 Å². The van der Waals surface area contributed by atoms with Crippen molar-refractivity contribution in [1.29, 1.82) is 0 Å². The van der Waals surface area contributed by atoms with Crippen molar-refractivity contribution in [3.63, 3.8) is 0 Å². The molecule has 0 aromatic heterocycles. The summed E-state index contributed by atoms with van der Waals surface area (Å²) in [5, 5.41) is 11.9. The summed E-state index contributed by atoms with van der Waals surface area (Å²) in [4.78, 5) is 24.8. The number of hydrogen-bond donors (Lipinski definition) is 2. The monoisotopic (exact) mass is 256 g/mol. The van der Waals surface area contributed by atoms with Crippen LogP contribution in [-0.4, -0.2) is 47.1 Å². The summed E-state index contributed by atoms with van der Waals surface area (Å²) in [5.41, 5.74) is 0. The molecule has 0 radical (unpaired) electrons. The van der Waals surface area contributed by atoms with Gasteiger partial charge < -0.3 is 10.0 Å². The van der Waals surface area contributed by atoms with Gasteiger partial charge in [-0.05, 0) is 32.1 Å². The fraction of sp³-hybridized carbons (Fsp3) is 0.846. The van der Waals surface area contributed by atoms with Gasteiger partial charge >= 0.3 is 5.97 Å². The van der Waals surface area contributed by atoms with Gasteiger partial charge in [-0.15, -0.1) is 0 Å². The first-order valence-electron chi connectivity index (χ1n) is 6.71. The smallest absolute Gasteiger partial charge is 0.320 e. The number of hydrogen-bond acceptors (Lipinski definition) is 3. The molecule has 1 unspecified atom stereocenters. The number of carbonyl (C=O) groups is 2. The maximum Gasteiger partial charge on any atom is 0.320 e. The van der Waals surface area contributed by atoms with Crippen molar-refractivity contribution < 1.29 is 14.7 Å². The summed E-state index contributed by atoms with van der Waals surface area (Å²) < 4.78 is 0. The first-order valence-corrected chi connectivity index (χ1v) is 6.71. The van der Waals surface area contributed by atoms with Crippen LogP contribution in [0.3, 0.4) is 0 Å². The van der Waals surface area contributed by atoms with Crippen LogP contribution in [0.15, 0.2) is 0 Å². The molecule has 0 spiro atoms. The van der Waals surface area contributed by atoms with E-state index in [-0.39, 0.29) is 12.5 Å². The lowest BCUT2D eigenvalue weighted by atomic mass is 10.0. The second-order valence-corrected chi connectivity index (χ2v) is 5.31. The Morgan fingerprint density at radius 3 is 2.39 bits per heavy atom. The van der Waals surface area contributed by atoms with E-state index < -0.39 is 12.0 Å². The molecule has 104 valence electrons. The predicted molar refractivity (Wildman–Crippen MR) is 69.3 cm³/mol. The number of likely N-dealkylation sites (N-methyl/N-ethyl adjacent to an activating group) is 1. The fourth-order valence-corrected chi connectivity index (χ4v) is 2.08. The topological polar surface area (TPSA) is 69.6 Å². The average Bonchev–Trinajstić information content (AvgIpc) is 3.08. The lowest BCUT2D eigenvalue weighted by Gasteiger charge is -2.22. The molecule has 1 aliphatic carbocycles. The van der Waals surface area contributed by atoms with Crippen molar-refractivity contribution in [3.8, 4) is 0 Å². The number of nitrogens with zero attached hydrogens (tertiary/aromatic N) is 1. The zero-order chi connectivity index (χ0) is 13.7. The van der Waals surface area contributed by atoms with Crippen LogP contribution in [0.25, 0.3) is 0 Å². The van der Waals surface area contributed by atoms with E-state index in [9.17, 15) is 9.59 Å². The SMILES string of the molecule is CCN(C(=O)CNC(CC(C)C)C(=O)O)C1CC1. The van der Waals surface area contributed by atoms with E-state index >= 15 is 0 Å². The van der Waals surface area contributed by atoms with Gasteiger partial charge in [-0.25, -0.2) is 0 Å². The minimum Gasteiger partial charge on any atom is -0.480 e. The number of amides is 1. The third-order valence-corrected chi connectivity index (χ3v) is 3.15. The highest BCUT2D eigenvalue weighted by Crippen LogP contribution is 2.26. The van der Waals surface area contributed by atoms with E-state index in [4.69, 9.17) is 5.11 Å². The summed E-state index contributed by atoms with van der Waals surface area (Å²) in [6.07, 6.45) is 2.69. The number of carbonyl (C=O) groups excluding carboxylic acids is 1. The van der Waals surface area contributed by atoms with Gasteiger partial charge in [-0.1, -0.05) is 13.8 Å². The Morgan fingerprint density at radius 2 is 2.00 bits per heavy atom. The van der Waals surface area contributed by atoms with Gasteiger partial charge in [0.15, 0.2) is 0 Å². The molecule has 1 amide bonds. The molecule has 0 bridgehead atoms. The van der Waals surface area contributed by atoms with Gasteiger partial charge in [0.1, 0.15) is 6.04 Å². The first kappa shape index (κ1) is 15.0. The second-order valence-electron chi connectivity index (χ2n) is 5.31. The van der Waals surface area contributed by atoms with Crippen LogP contribution in [0.1, 0.15) is 40.0 Å². The molecule has 0 aliphatic heterocycles. The fourth-order valence-electron chi connectivity index (χ4n) is 2.08. The number of rotatable bonds is 8. The molecule has 1 atom stereocenters. The van der Waals surface area contributed by atoms with Crippen LogP contribution < -0.4 is 5.32 Å². The maximum atomic E-state index is 11.9. The van der Waals surface area contributed by atoms with Crippen molar-refractivity contribution in [2.75, 3.05) is 13.1 Å². The lowest BCUT2D eigenvalue weighted by Crippen LogP contribution is -2.45. The second kappa shape index (κ2) is 6.73. The lowest BCUT2D eigenvalue weighted by molar-refractivity contribution is -0.140. The Kier molecular flexibility index (Phi) is 5.59. The van der Waals surface area contributed by atoms with Crippen LogP contribution in [0.4, 0.5) is 0 Å². The number of aliphatic carboxylic acids is 1. The van der Waals surface area contributed by atoms with Gasteiger partial charge in [-0.2, -0.15) is 0 Å². The van der Waals surface area contributed by atoms with E-state index in [1.54, 1.807) is 0 Å². The Hall–Kier alpha value is -1.10. The summed E-state index contributed by atoms with van der Waals surface area (Å²) >= 11 is 0. The van der Waals surface area contributed by atoms with Crippen molar-refractivity contribution >= 4 is 11.9 Å². The molecular formula is C13H24N2O3. The third-order valence-electron chi connectivity index (χ3n) is 3.15. The molecule has 1 aliphatic rings. The van der Waals surface area contributed by atoms with Gasteiger partial charge in [0, 0.05) is 12.6 Å². The zero-order valence-corrected chi connectivity index (χ0v) is 11.5. The highest BCUT2D eigenvalue weighted by Gasteiger charge is 2.31. The van der Waals surface area contributed by atoms with Crippen molar-refractivity contribution in [2.45, 2.75) is 52.1 Å². The standard InChI is InChI=1S/C13H24N2O3/c1-4-15(10-5-6-10)12(16)8-14-11(13(17)18)7-9(2)3/h9-11,14H,4-8H2,1-3H3,(H,17,18). The summed E-state index contributed by atoms with van der Waals surface area (Å²) in [7, 11) is 0. The minimum absolute atomic E-state index is 0.00926. The highest BCUT2D eigenvalue weighted by molar-refractivity contribution is 5.80. The van der Waals surface area contributed by atoms with Crippen molar-refractivity contribution in [2.24, 2.45) is 5.92 Å². The van der Waals surface area contributed by atoms with E-state index in [0.717, 1.165) is 12.8 Å². The van der Waals surface area contributed by atoms with Crippen LogP contribution in [-0.2, 0) is 9.59 Å². The van der Waals surface area contributed by atoms with E-state index in [1.165, 1.54) is 0 Å². The largest absolute Gasteiger partial charge is 0.480 e. The van der Waals surface area contributed by atoms with E-state index in [1.807, 2.05) is 25.7 Å². The molecule has 5 heteroatoms.